The van der Waals surface area contributed by atoms with Crippen LogP contribution in [0.2, 0.25) is 0 Å². The molecule has 0 radical (unpaired) electrons. The fourth-order valence-corrected chi connectivity index (χ4v) is 2.76. The van der Waals surface area contributed by atoms with Crippen LogP contribution in [0.5, 0.6) is 0 Å². The van der Waals surface area contributed by atoms with Crippen molar-refractivity contribution in [2.24, 2.45) is 0 Å². The topological polar surface area (TPSA) is 41.6 Å². The number of hydrogen-bond acceptors (Lipinski definition) is 3. The number of amides is 1. The number of nitrogens with one attached hydrogen (secondary N) is 1. The summed E-state index contributed by atoms with van der Waals surface area (Å²) in [7, 11) is 0. The summed E-state index contributed by atoms with van der Waals surface area (Å²) in [5.74, 6) is 0.222. The molecule has 3 unspecified atom stereocenters. The molecule has 4 nitrogen and oxygen atoms in total. The van der Waals surface area contributed by atoms with Crippen molar-refractivity contribution in [1.29, 1.82) is 0 Å². The summed E-state index contributed by atoms with van der Waals surface area (Å²) in [5, 5.41) is 3.24. The smallest absolute Gasteiger partial charge is 0.242 e. The highest BCUT2D eigenvalue weighted by molar-refractivity contribution is 5.82. The standard InChI is InChI=1S/C12H22N2O2/c1-9-4-3-5-10(2)14(9)12(15)11-8-16-7-6-13-11/h9-11,13H,3-8H2,1-2H3. The van der Waals surface area contributed by atoms with E-state index in [1.54, 1.807) is 0 Å². The number of piperidine rings is 1. The largest absolute Gasteiger partial charge is 0.378 e. The van der Waals surface area contributed by atoms with E-state index in [2.05, 4.69) is 24.1 Å². The number of carbonyl (C=O) groups excluding carboxylic acids is 1. The minimum absolute atomic E-state index is 0.128. The van der Waals surface area contributed by atoms with Gasteiger partial charge in [0.2, 0.25) is 5.91 Å². The first-order valence-electron chi connectivity index (χ1n) is 6.33. The Morgan fingerprint density at radius 1 is 1.31 bits per heavy atom. The van der Waals surface area contributed by atoms with E-state index >= 15 is 0 Å². The molecule has 3 atom stereocenters. The molecule has 2 aliphatic rings. The Labute approximate surface area is 97.3 Å². The average Bonchev–Trinajstić information content (AvgIpc) is 2.30. The van der Waals surface area contributed by atoms with Crippen LogP contribution in [-0.4, -0.2) is 48.7 Å². The third kappa shape index (κ3) is 2.38. The summed E-state index contributed by atoms with van der Waals surface area (Å²) in [5.41, 5.74) is 0. The van der Waals surface area contributed by atoms with Crippen LogP contribution in [0.15, 0.2) is 0 Å². The Morgan fingerprint density at radius 2 is 2.00 bits per heavy atom. The number of carbonyl (C=O) groups is 1. The molecule has 0 aromatic carbocycles. The maximum absolute atomic E-state index is 12.4. The van der Waals surface area contributed by atoms with E-state index < -0.39 is 0 Å². The Balaban J connectivity index is 2.00. The van der Waals surface area contributed by atoms with Crippen molar-refractivity contribution < 1.29 is 9.53 Å². The van der Waals surface area contributed by atoms with Crippen LogP contribution < -0.4 is 5.32 Å². The highest BCUT2D eigenvalue weighted by Crippen LogP contribution is 2.23. The monoisotopic (exact) mass is 226 g/mol. The first-order valence-corrected chi connectivity index (χ1v) is 6.33. The van der Waals surface area contributed by atoms with Crippen molar-refractivity contribution in [2.75, 3.05) is 19.8 Å². The van der Waals surface area contributed by atoms with Crippen LogP contribution in [0, 0.1) is 0 Å². The van der Waals surface area contributed by atoms with E-state index in [0.29, 0.717) is 18.7 Å². The van der Waals surface area contributed by atoms with Gasteiger partial charge in [-0.1, -0.05) is 0 Å². The van der Waals surface area contributed by atoms with Crippen LogP contribution in [0.25, 0.3) is 0 Å². The normalized spacial score (nSPS) is 36.1. The quantitative estimate of drug-likeness (QED) is 0.718. The van der Waals surface area contributed by atoms with Gasteiger partial charge in [-0.2, -0.15) is 0 Å². The van der Waals surface area contributed by atoms with E-state index in [4.69, 9.17) is 4.74 Å². The molecule has 2 aliphatic heterocycles. The van der Waals surface area contributed by atoms with Gasteiger partial charge >= 0.3 is 0 Å². The lowest BCUT2D eigenvalue weighted by Gasteiger charge is -2.41. The lowest BCUT2D eigenvalue weighted by atomic mass is 9.96. The van der Waals surface area contributed by atoms with Crippen molar-refractivity contribution in [1.82, 2.24) is 10.2 Å². The summed E-state index contributed by atoms with van der Waals surface area (Å²) >= 11 is 0. The zero-order chi connectivity index (χ0) is 11.5. The first kappa shape index (κ1) is 11.9. The molecule has 2 rings (SSSR count). The Kier molecular flexibility index (Phi) is 3.82. The molecule has 1 amide bonds. The summed E-state index contributed by atoms with van der Waals surface area (Å²) < 4.78 is 5.35. The summed E-state index contributed by atoms with van der Waals surface area (Å²) in [6.45, 7) is 6.32. The van der Waals surface area contributed by atoms with Crippen LogP contribution in [0.3, 0.4) is 0 Å². The molecule has 0 aliphatic carbocycles. The molecular weight excluding hydrogens is 204 g/mol. The second-order valence-electron chi connectivity index (χ2n) is 4.96. The summed E-state index contributed by atoms with van der Waals surface area (Å²) in [6.07, 6.45) is 3.49. The van der Waals surface area contributed by atoms with E-state index in [-0.39, 0.29) is 11.9 Å². The fraction of sp³-hybridized carbons (Fsp3) is 0.917. The molecule has 16 heavy (non-hydrogen) atoms. The van der Waals surface area contributed by atoms with Gasteiger partial charge in [0, 0.05) is 18.6 Å². The van der Waals surface area contributed by atoms with Gasteiger partial charge in [-0.25, -0.2) is 0 Å². The third-order valence-corrected chi connectivity index (χ3v) is 3.67. The molecule has 92 valence electrons. The van der Waals surface area contributed by atoms with Crippen LogP contribution in [0.4, 0.5) is 0 Å². The molecule has 1 N–H and O–H groups in total. The molecule has 2 fully saturated rings. The van der Waals surface area contributed by atoms with E-state index in [9.17, 15) is 4.79 Å². The zero-order valence-corrected chi connectivity index (χ0v) is 10.2. The van der Waals surface area contributed by atoms with Gasteiger partial charge in [0.05, 0.1) is 13.2 Å². The SMILES string of the molecule is CC1CCCC(C)N1C(=O)C1COCCN1. The lowest BCUT2D eigenvalue weighted by molar-refractivity contribution is -0.142. The van der Waals surface area contributed by atoms with Crippen molar-refractivity contribution >= 4 is 5.91 Å². The fourth-order valence-electron chi connectivity index (χ4n) is 2.76. The molecule has 2 heterocycles. The van der Waals surface area contributed by atoms with Crippen molar-refractivity contribution in [3.05, 3.63) is 0 Å². The van der Waals surface area contributed by atoms with Gasteiger partial charge in [0.1, 0.15) is 6.04 Å². The highest BCUT2D eigenvalue weighted by Gasteiger charge is 2.33. The average molecular weight is 226 g/mol. The number of likely N-dealkylation sites (tertiary alicyclic amines) is 1. The van der Waals surface area contributed by atoms with Gasteiger partial charge in [0.15, 0.2) is 0 Å². The second-order valence-corrected chi connectivity index (χ2v) is 4.96. The minimum atomic E-state index is -0.128. The van der Waals surface area contributed by atoms with Crippen molar-refractivity contribution in [2.45, 2.75) is 51.2 Å². The second kappa shape index (κ2) is 5.15. The van der Waals surface area contributed by atoms with Gasteiger partial charge in [-0.05, 0) is 33.1 Å². The summed E-state index contributed by atoms with van der Waals surface area (Å²) in [4.78, 5) is 14.4. The zero-order valence-electron chi connectivity index (χ0n) is 10.2. The number of ether oxygens (including phenoxy) is 1. The highest BCUT2D eigenvalue weighted by atomic mass is 16.5. The molecule has 0 aromatic rings. The van der Waals surface area contributed by atoms with E-state index in [1.165, 1.54) is 6.42 Å². The molecule has 4 heteroatoms. The van der Waals surface area contributed by atoms with Crippen LogP contribution in [0.1, 0.15) is 33.1 Å². The lowest BCUT2D eigenvalue weighted by Crippen LogP contribution is -2.57. The van der Waals surface area contributed by atoms with Gasteiger partial charge in [0.25, 0.3) is 0 Å². The third-order valence-electron chi connectivity index (χ3n) is 3.67. The van der Waals surface area contributed by atoms with Crippen LogP contribution >= 0.6 is 0 Å². The van der Waals surface area contributed by atoms with E-state index in [1.807, 2.05) is 0 Å². The van der Waals surface area contributed by atoms with E-state index in [0.717, 1.165) is 26.0 Å². The van der Waals surface area contributed by atoms with Crippen molar-refractivity contribution in [3.63, 3.8) is 0 Å². The number of nitrogens with zero attached hydrogens (tertiary/aromatic N) is 1. The Hall–Kier alpha value is -0.610. The maximum Gasteiger partial charge on any atom is 0.242 e. The molecule has 0 saturated carbocycles. The molecule has 0 spiro atoms. The maximum atomic E-state index is 12.4. The summed E-state index contributed by atoms with van der Waals surface area (Å²) in [6, 6.07) is 0.622. The predicted octanol–water partition coefficient (Wildman–Crippen LogP) is 0.764. The molecule has 0 bridgehead atoms. The van der Waals surface area contributed by atoms with Gasteiger partial charge < -0.3 is 15.0 Å². The predicted molar refractivity (Wildman–Crippen MR) is 62.2 cm³/mol. The Bertz CT molecular complexity index is 241. The number of morpholine rings is 1. The van der Waals surface area contributed by atoms with Crippen molar-refractivity contribution in [3.8, 4) is 0 Å². The molecule has 2 saturated heterocycles. The number of hydrogen-bond donors (Lipinski definition) is 1. The molecular formula is C12H22N2O2. The molecule has 0 aromatic heterocycles. The Morgan fingerprint density at radius 3 is 2.56 bits per heavy atom. The first-order chi connectivity index (χ1) is 7.70. The number of rotatable bonds is 1. The van der Waals surface area contributed by atoms with Crippen LogP contribution in [-0.2, 0) is 9.53 Å². The minimum Gasteiger partial charge on any atom is -0.378 e. The van der Waals surface area contributed by atoms with Gasteiger partial charge in [-0.15, -0.1) is 0 Å². The van der Waals surface area contributed by atoms with Gasteiger partial charge in [-0.3, -0.25) is 4.79 Å².